The van der Waals surface area contributed by atoms with Gasteiger partial charge in [-0.1, -0.05) is 6.42 Å². The molecule has 1 aliphatic heterocycles. The highest BCUT2D eigenvalue weighted by molar-refractivity contribution is 7.18. The van der Waals surface area contributed by atoms with Crippen LogP contribution in [0, 0.1) is 0 Å². The molecule has 1 saturated carbocycles. The van der Waals surface area contributed by atoms with Crippen molar-refractivity contribution in [3.05, 3.63) is 16.8 Å². The van der Waals surface area contributed by atoms with Gasteiger partial charge in [-0.15, -0.1) is 11.3 Å². The highest BCUT2D eigenvalue weighted by Crippen LogP contribution is 2.39. The van der Waals surface area contributed by atoms with E-state index in [-0.39, 0.29) is 6.41 Å². The zero-order valence-electron chi connectivity index (χ0n) is 17.0. The fourth-order valence-corrected chi connectivity index (χ4v) is 5.23. The van der Waals surface area contributed by atoms with Gasteiger partial charge in [-0.3, -0.25) is 4.79 Å². The fraction of sp³-hybridized carbons (Fsp3) is 0.667. The van der Waals surface area contributed by atoms with Crippen LogP contribution in [0.3, 0.4) is 0 Å². The standard InChI is InChI=1S/C16H20N2OS.C4H9NO.CH3NO/c1-2-6-11(7-3-1)19-15-14-12-8-4-5-9-13(12)20-16(14)18-10-17-15;1-3-6-4-2-5-1;2-1-3/h10-11H,1-9H2;5H,1-4H2;1H,(H2,2,3). The van der Waals surface area contributed by atoms with Gasteiger partial charge < -0.3 is 20.5 Å². The van der Waals surface area contributed by atoms with E-state index < -0.39 is 0 Å². The highest BCUT2D eigenvalue weighted by atomic mass is 32.1. The number of hydrogen-bond acceptors (Lipinski definition) is 7. The van der Waals surface area contributed by atoms with Gasteiger partial charge in [0.25, 0.3) is 0 Å². The molecule has 2 fully saturated rings. The van der Waals surface area contributed by atoms with Crippen molar-refractivity contribution in [2.75, 3.05) is 26.3 Å². The quantitative estimate of drug-likeness (QED) is 0.725. The monoisotopic (exact) mass is 420 g/mol. The lowest BCUT2D eigenvalue weighted by Gasteiger charge is -2.23. The Hall–Kier alpha value is -1.77. The van der Waals surface area contributed by atoms with E-state index >= 15 is 0 Å². The average Bonchev–Trinajstić information content (AvgIpc) is 3.16. The lowest BCUT2D eigenvalue weighted by molar-refractivity contribution is -0.106. The van der Waals surface area contributed by atoms with E-state index in [4.69, 9.17) is 14.3 Å². The van der Waals surface area contributed by atoms with Crippen LogP contribution in [0.15, 0.2) is 6.33 Å². The Balaban J connectivity index is 0.000000224. The second-order valence-corrected chi connectivity index (χ2v) is 8.53. The van der Waals surface area contributed by atoms with E-state index in [9.17, 15) is 0 Å². The van der Waals surface area contributed by atoms with Crippen molar-refractivity contribution in [1.82, 2.24) is 15.3 Å². The Kier molecular flexibility index (Phi) is 9.11. The van der Waals surface area contributed by atoms with Crippen molar-refractivity contribution in [2.24, 2.45) is 5.73 Å². The van der Waals surface area contributed by atoms with Gasteiger partial charge in [0.05, 0.1) is 18.6 Å². The Morgan fingerprint density at radius 3 is 2.48 bits per heavy atom. The molecule has 0 unspecified atom stereocenters. The molecule has 3 heterocycles. The molecule has 7 nitrogen and oxygen atoms in total. The summed E-state index contributed by atoms with van der Waals surface area (Å²) in [7, 11) is 0. The lowest BCUT2D eigenvalue weighted by atomic mass is 9.96. The smallest absolute Gasteiger partial charge is 0.225 e. The van der Waals surface area contributed by atoms with Crippen LogP contribution in [0.4, 0.5) is 0 Å². The maximum Gasteiger partial charge on any atom is 0.225 e. The van der Waals surface area contributed by atoms with Gasteiger partial charge in [0.15, 0.2) is 0 Å². The summed E-state index contributed by atoms with van der Waals surface area (Å²) < 4.78 is 11.3. The number of amides is 1. The van der Waals surface area contributed by atoms with Gasteiger partial charge in [-0.05, 0) is 56.9 Å². The Morgan fingerprint density at radius 2 is 1.83 bits per heavy atom. The molecule has 0 bridgehead atoms. The van der Waals surface area contributed by atoms with E-state index in [2.05, 4.69) is 21.0 Å². The molecule has 0 aromatic carbocycles. The molecule has 3 N–H and O–H groups in total. The predicted octanol–water partition coefficient (Wildman–Crippen LogP) is 2.99. The molecule has 0 radical (unpaired) electrons. The van der Waals surface area contributed by atoms with Gasteiger partial charge in [-0.25, -0.2) is 9.97 Å². The van der Waals surface area contributed by atoms with Crippen molar-refractivity contribution >= 4 is 28.0 Å². The van der Waals surface area contributed by atoms with E-state index in [1.165, 1.54) is 73.6 Å². The van der Waals surface area contributed by atoms with Crippen molar-refractivity contribution in [1.29, 1.82) is 0 Å². The summed E-state index contributed by atoms with van der Waals surface area (Å²) in [6.45, 7) is 3.83. The van der Waals surface area contributed by atoms with E-state index in [0.29, 0.717) is 6.10 Å². The molecule has 3 aliphatic rings. The number of ether oxygens (including phenoxy) is 2. The summed E-state index contributed by atoms with van der Waals surface area (Å²) >= 11 is 1.84. The second kappa shape index (κ2) is 12.0. The van der Waals surface area contributed by atoms with Crippen LogP contribution in [-0.2, 0) is 22.4 Å². The Labute approximate surface area is 176 Å². The summed E-state index contributed by atoms with van der Waals surface area (Å²) in [5, 5.41) is 4.38. The zero-order valence-corrected chi connectivity index (χ0v) is 17.8. The minimum atomic E-state index is 0.250. The Bertz CT molecular complexity index is 746. The number of carbonyl (C=O) groups excluding carboxylic acids is 1. The van der Waals surface area contributed by atoms with Crippen LogP contribution in [0.1, 0.15) is 55.4 Å². The molecule has 0 atom stereocenters. The van der Waals surface area contributed by atoms with Crippen molar-refractivity contribution in [2.45, 2.75) is 63.9 Å². The molecular formula is C21H32N4O3S. The molecule has 2 aliphatic carbocycles. The first-order valence-corrected chi connectivity index (χ1v) is 11.5. The van der Waals surface area contributed by atoms with Gasteiger partial charge in [0.2, 0.25) is 12.3 Å². The number of rotatable bonds is 2. The van der Waals surface area contributed by atoms with Crippen molar-refractivity contribution in [3.8, 4) is 5.88 Å². The van der Waals surface area contributed by atoms with E-state index in [1.54, 1.807) is 6.33 Å². The molecule has 2 aromatic heterocycles. The summed E-state index contributed by atoms with van der Waals surface area (Å²) in [5.74, 6) is 0.848. The van der Waals surface area contributed by atoms with Gasteiger partial charge in [0.1, 0.15) is 17.3 Å². The topological polar surface area (TPSA) is 99.4 Å². The third kappa shape index (κ3) is 6.35. The lowest BCUT2D eigenvalue weighted by Crippen LogP contribution is -2.30. The van der Waals surface area contributed by atoms with E-state index in [0.717, 1.165) is 37.0 Å². The van der Waals surface area contributed by atoms with Crippen LogP contribution in [-0.4, -0.2) is 48.8 Å². The zero-order chi connectivity index (χ0) is 20.3. The maximum atomic E-state index is 8.58. The van der Waals surface area contributed by atoms with Gasteiger partial charge in [-0.2, -0.15) is 0 Å². The van der Waals surface area contributed by atoms with Crippen LogP contribution in [0.2, 0.25) is 0 Å². The first kappa shape index (κ1) is 21.9. The van der Waals surface area contributed by atoms with Crippen molar-refractivity contribution < 1.29 is 14.3 Å². The molecule has 1 saturated heterocycles. The number of nitrogens with zero attached hydrogens (tertiary/aromatic N) is 2. The molecule has 29 heavy (non-hydrogen) atoms. The molecule has 0 spiro atoms. The number of nitrogens with two attached hydrogens (primary N) is 1. The van der Waals surface area contributed by atoms with Crippen LogP contribution in [0.25, 0.3) is 10.2 Å². The van der Waals surface area contributed by atoms with Gasteiger partial charge in [0, 0.05) is 18.0 Å². The first-order chi connectivity index (χ1) is 14.3. The summed E-state index contributed by atoms with van der Waals surface area (Å²) in [6.07, 6.45) is 13.6. The molecule has 1 amide bonds. The number of primary amides is 1. The minimum absolute atomic E-state index is 0.250. The molecule has 160 valence electrons. The highest BCUT2D eigenvalue weighted by Gasteiger charge is 2.23. The summed E-state index contributed by atoms with van der Waals surface area (Å²) in [5.41, 5.74) is 5.64. The number of fused-ring (bicyclic) bond motifs is 3. The van der Waals surface area contributed by atoms with Crippen LogP contribution in [0.5, 0.6) is 5.88 Å². The SMILES string of the molecule is C1COCCN1.NC=O.c1nc(OC2CCCCC2)c2c3c(sc2n1)CCCC3. The second-order valence-electron chi connectivity index (χ2n) is 7.45. The summed E-state index contributed by atoms with van der Waals surface area (Å²) in [4.78, 5) is 20.1. The molecule has 2 aromatic rings. The minimum Gasteiger partial charge on any atom is -0.474 e. The number of morpholine rings is 1. The molecule has 8 heteroatoms. The number of aryl methyl sites for hydroxylation is 2. The number of thiophene rings is 1. The Morgan fingerprint density at radius 1 is 1.10 bits per heavy atom. The first-order valence-electron chi connectivity index (χ1n) is 10.7. The normalized spacial score (nSPS) is 19.2. The number of hydrogen-bond donors (Lipinski definition) is 2. The largest absolute Gasteiger partial charge is 0.474 e. The number of carbonyl (C=O) groups is 1. The third-order valence-corrected chi connectivity index (χ3v) is 6.59. The molecular weight excluding hydrogens is 388 g/mol. The number of aromatic nitrogens is 2. The number of nitrogens with one attached hydrogen (secondary N) is 1. The predicted molar refractivity (Wildman–Crippen MR) is 115 cm³/mol. The third-order valence-electron chi connectivity index (χ3n) is 5.39. The van der Waals surface area contributed by atoms with E-state index in [1.807, 2.05) is 11.3 Å². The summed E-state index contributed by atoms with van der Waals surface area (Å²) in [6, 6.07) is 0. The van der Waals surface area contributed by atoms with Crippen LogP contribution >= 0.6 is 11.3 Å². The fourth-order valence-electron chi connectivity index (χ4n) is 4.01. The van der Waals surface area contributed by atoms with Crippen molar-refractivity contribution in [3.63, 3.8) is 0 Å². The van der Waals surface area contributed by atoms with Gasteiger partial charge >= 0.3 is 0 Å². The van der Waals surface area contributed by atoms with Crippen LogP contribution < -0.4 is 15.8 Å². The average molecular weight is 421 g/mol. The molecule has 5 rings (SSSR count). The maximum absolute atomic E-state index is 8.58.